The van der Waals surface area contributed by atoms with Crippen molar-refractivity contribution in [3.63, 3.8) is 0 Å². The average molecular weight is 236 g/mol. The van der Waals surface area contributed by atoms with Crippen molar-refractivity contribution in [3.8, 4) is 0 Å². The summed E-state index contributed by atoms with van der Waals surface area (Å²) in [5.74, 6) is -0.415. The van der Waals surface area contributed by atoms with Crippen LogP contribution in [-0.4, -0.2) is 38.0 Å². The van der Waals surface area contributed by atoms with Crippen LogP contribution in [0.2, 0.25) is 0 Å². The molecule has 1 aliphatic heterocycles. The van der Waals surface area contributed by atoms with Gasteiger partial charge in [-0.05, 0) is 24.6 Å². The number of hydrogen-bond donors (Lipinski definition) is 1. The lowest BCUT2D eigenvalue weighted by Gasteiger charge is -2.50. The summed E-state index contributed by atoms with van der Waals surface area (Å²) in [4.78, 5) is 2.32. The number of methoxy groups -OCH3 is 2. The van der Waals surface area contributed by atoms with E-state index in [0.29, 0.717) is 6.04 Å². The molecule has 0 amide bonds. The van der Waals surface area contributed by atoms with E-state index >= 15 is 0 Å². The first-order chi connectivity index (χ1) is 8.10. The fraction of sp³-hybridized carbons (Fsp3) is 0.538. The van der Waals surface area contributed by atoms with Crippen LogP contribution in [0.15, 0.2) is 24.3 Å². The topological polar surface area (TPSA) is 47.7 Å². The number of nitrogen functional groups attached to an aromatic ring is 1. The Morgan fingerprint density at radius 2 is 1.71 bits per heavy atom. The number of nitrogens with two attached hydrogens (primary N) is 1. The van der Waals surface area contributed by atoms with Crippen LogP contribution in [0.5, 0.6) is 0 Å². The Labute approximate surface area is 102 Å². The number of ether oxygens (including phenoxy) is 2. The largest absolute Gasteiger partial charge is 0.399 e. The first-order valence-electron chi connectivity index (χ1n) is 5.80. The fourth-order valence-electron chi connectivity index (χ4n) is 2.17. The summed E-state index contributed by atoms with van der Waals surface area (Å²) < 4.78 is 10.7. The van der Waals surface area contributed by atoms with Gasteiger partial charge in [0.05, 0.1) is 13.1 Å². The minimum Gasteiger partial charge on any atom is -0.399 e. The molecule has 0 aromatic heterocycles. The van der Waals surface area contributed by atoms with Gasteiger partial charge < -0.3 is 15.2 Å². The second-order valence-electron chi connectivity index (χ2n) is 4.57. The summed E-state index contributed by atoms with van der Waals surface area (Å²) >= 11 is 0. The minimum absolute atomic E-state index is 0.356. The van der Waals surface area contributed by atoms with Crippen LogP contribution in [0, 0.1) is 0 Å². The van der Waals surface area contributed by atoms with Crippen LogP contribution in [0.3, 0.4) is 0 Å². The van der Waals surface area contributed by atoms with E-state index in [4.69, 9.17) is 15.2 Å². The molecule has 1 aromatic rings. The van der Waals surface area contributed by atoms with Gasteiger partial charge in [0.1, 0.15) is 0 Å². The summed E-state index contributed by atoms with van der Waals surface area (Å²) in [5.41, 5.74) is 7.74. The molecule has 1 aromatic carbocycles. The van der Waals surface area contributed by atoms with Gasteiger partial charge in [-0.15, -0.1) is 0 Å². The van der Waals surface area contributed by atoms with E-state index < -0.39 is 5.79 Å². The number of anilines is 1. The summed E-state index contributed by atoms with van der Waals surface area (Å²) in [5, 5.41) is 0. The Kier molecular flexibility index (Phi) is 3.38. The molecule has 94 valence electrons. The van der Waals surface area contributed by atoms with Gasteiger partial charge in [0, 0.05) is 25.9 Å². The quantitative estimate of drug-likeness (QED) is 0.637. The second kappa shape index (κ2) is 4.64. The highest BCUT2D eigenvalue weighted by Gasteiger charge is 2.45. The van der Waals surface area contributed by atoms with Crippen LogP contribution in [0.4, 0.5) is 5.69 Å². The average Bonchev–Trinajstić information content (AvgIpc) is 2.29. The van der Waals surface area contributed by atoms with E-state index in [0.717, 1.165) is 18.8 Å². The number of likely N-dealkylation sites (tertiary alicyclic amines) is 1. The molecule has 0 spiro atoms. The third kappa shape index (κ3) is 2.29. The van der Waals surface area contributed by atoms with Gasteiger partial charge in [0.15, 0.2) is 5.79 Å². The van der Waals surface area contributed by atoms with Crippen molar-refractivity contribution in [2.45, 2.75) is 18.8 Å². The van der Waals surface area contributed by atoms with Crippen molar-refractivity contribution in [3.05, 3.63) is 29.8 Å². The van der Waals surface area contributed by atoms with Crippen molar-refractivity contribution in [2.75, 3.05) is 33.0 Å². The molecule has 1 heterocycles. The Morgan fingerprint density at radius 1 is 1.18 bits per heavy atom. The van der Waals surface area contributed by atoms with Gasteiger partial charge in [0.25, 0.3) is 0 Å². The van der Waals surface area contributed by atoms with E-state index in [1.807, 2.05) is 12.1 Å². The molecule has 4 nitrogen and oxygen atoms in total. The monoisotopic (exact) mass is 236 g/mol. The second-order valence-corrected chi connectivity index (χ2v) is 4.57. The lowest BCUT2D eigenvalue weighted by Crippen LogP contribution is -2.64. The van der Waals surface area contributed by atoms with Crippen molar-refractivity contribution < 1.29 is 9.47 Å². The predicted octanol–water partition coefficient (Wildman–Crippen LogP) is 1.63. The van der Waals surface area contributed by atoms with Gasteiger partial charge in [-0.1, -0.05) is 12.1 Å². The normalized spacial score (nSPS) is 20.9. The van der Waals surface area contributed by atoms with E-state index in [1.165, 1.54) is 5.56 Å². The molecular formula is C13H20N2O2. The van der Waals surface area contributed by atoms with Crippen LogP contribution in [0.1, 0.15) is 18.5 Å². The zero-order valence-corrected chi connectivity index (χ0v) is 10.6. The Bertz CT molecular complexity index is 366. The highest BCUT2D eigenvalue weighted by Crippen LogP contribution is 2.33. The third-order valence-corrected chi connectivity index (χ3v) is 3.60. The maximum absolute atomic E-state index is 5.68. The third-order valence-electron chi connectivity index (χ3n) is 3.60. The lowest BCUT2D eigenvalue weighted by molar-refractivity contribution is -0.282. The van der Waals surface area contributed by atoms with Crippen LogP contribution in [0.25, 0.3) is 0 Å². The number of rotatable bonds is 4. The summed E-state index contributed by atoms with van der Waals surface area (Å²) in [7, 11) is 3.38. The molecule has 0 saturated carbocycles. The summed E-state index contributed by atoms with van der Waals surface area (Å²) in [6, 6.07) is 8.37. The number of hydrogen-bond acceptors (Lipinski definition) is 4. The molecular weight excluding hydrogens is 216 g/mol. The van der Waals surface area contributed by atoms with Crippen molar-refractivity contribution in [2.24, 2.45) is 0 Å². The SMILES string of the molecule is COC1(OC)CN(C(C)c2ccc(N)cc2)C1. The highest BCUT2D eigenvalue weighted by atomic mass is 16.7. The minimum atomic E-state index is -0.415. The summed E-state index contributed by atoms with van der Waals surface area (Å²) in [6.07, 6.45) is 0. The summed E-state index contributed by atoms with van der Waals surface area (Å²) in [6.45, 7) is 3.78. The molecule has 1 atom stereocenters. The molecule has 2 rings (SSSR count). The zero-order valence-electron chi connectivity index (χ0n) is 10.6. The molecule has 0 aliphatic carbocycles. The molecule has 1 unspecified atom stereocenters. The van der Waals surface area contributed by atoms with E-state index in [9.17, 15) is 0 Å². The maximum Gasteiger partial charge on any atom is 0.193 e. The maximum atomic E-state index is 5.68. The van der Waals surface area contributed by atoms with Gasteiger partial charge in [0.2, 0.25) is 0 Å². The van der Waals surface area contributed by atoms with Gasteiger partial charge >= 0.3 is 0 Å². The standard InChI is InChI=1S/C13H20N2O2/c1-10(11-4-6-12(14)7-5-11)15-8-13(9-15,16-2)17-3/h4-7,10H,8-9,14H2,1-3H3. The lowest BCUT2D eigenvalue weighted by atomic mass is 9.99. The van der Waals surface area contributed by atoms with Gasteiger partial charge in [-0.3, -0.25) is 4.90 Å². The molecule has 1 fully saturated rings. The molecule has 1 aliphatic rings. The van der Waals surface area contributed by atoms with Gasteiger partial charge in [-0.2, -0.15) is 0 Å². The number of nitrogens with zero attached hydrogens (tertiary/aromatic N) is 1. The zero-order chi connectivity index (χ0) is 12.5. The van der Waals surface area contributed by atoms with E-state index in [2.05, 4.69) is 24.0 Å². The first kappa shape index (κ1) is 12.4. The van der Waals surface area contributed by atoms with E-state index in [-0.39, 0.29) is 0 Å². The van der Waals surface area contributed by atoms with Gasteiger partial charge in [-0.25, -0.2) is 0 Å². The molecule has 2 N–H and O–H groups in total. The van der Waals surface area contributed by atoms with Crippen LogP contribution in [-0.2, 0) is 9.47 Å². The molecule has 0 radical (unpaired) electrons. The highest BCUT2D eigenvalue weighted by molar-refractivity contribution is 5.40. The smallest absolute Gasteiger partial charge is 0.193 e. The Balaban J connectivity index is 1.99. The Hall–Kier alpha value is -1.10. The fourth-order valence-corrected chi connectivity index (χ4v) is 2.17. The molecule has 4 heteroatoms. The predicted molar refractivity (Wildman–Crippen MR) is 67.6 cm³/mol. The molecule has 1 saturated heterocycles. The van der Waals surface area contributed by atoms with Crippen LogP contribution >= 0.6 is 0 Å². The van der Waals surface area contributed by atoms with Crippen LogP contribution < -0.4 is 5.73 Å². The molecule has 17 heavy (non-hydrogen) atoms. The van der Waals surface area contributed by atoms with Crippen molar-refractivity contribution >= 4 is 5.69 Å². The van der Waals surface area contributed by atoms with E-state index in [1.54, 1.807) is 14.2 Å². The first-order valence-corrected chi connectivity index (χ1v) is 5.80. The molecule has 0 bridgehead atoms. The Morgan fingerprint density at radius 3 is 2.18 bits per heavy atom. The van der Waals surface area contributed by atoms with Crippen molar-refractivity contribution in [1.29, 1.82) is 0 Å². The van der Waals surface area contributed by atoms with Crippen molar-refractivity contribution in [1.82, 2.24) is 4.90 Å². The number of benzene rings is 1.